The molecular weight excluding hydrogens is 491 g/mol. The van der Waals surface area contributed by atoms with Gasteiger partial charge in [-0.05, 0) is 32.9 Å². The predicted octanol–water partition coefficient (Wildman–Crippen LogP) is 3.73. The van der Waals surface area contributed by atoms with Crippen LogP contribution in [0.3, 0.4) is 0 Å². The third kappa shape index (κ3) is 5.04. The first kappa shape index (κ1) is 25.2. The lowest BCUT2D eigenvalue weighted by molar-refractivity contribution is 0.0572. The molecule has 188 valence electrons. The maximum Gasteiger partial charge on any atom is 0.343 e. The second-order valence-electron chi connectivity index (χ2n) is 7.78. The van der Waals surface area contributed by atoms with Crippen LogP contribution in [0.4, 0.5) is 16.0 Å². The molecule has 11 nitrogen and oxygen atoms in total. The molecule has 0 atom stereocenters. The number of methoxy groups -OCH3 is 1. The molecule has 36 heavy (non-hydrogen) atoms. The van der Waals surface area contributed by atoms with Crippen molar-refractivity contribution in [2.75, 3.05) is 25.1 Å². The van der Waals surface area contributed by atoms with Gasteiger partial charge in [0.15, 0.2) is 11.9 Å². The van der Waals surface area contributed by atoms with Crippen LogP contribution in [0.25, 0.3) is 17.2 Å². The van der Waals surface area contributed by atoms with E-state index in [0.717, 1.165) is 11.8 Å². The van der Waals surface area contributed by atoms with Gasteiger partial charge in [-0.3, -0.25) is 4.98 Å². The summed E-state index contributed by atoms with van der Waals surface area (Å²) in [5.74, 6) is 0.595. The molecule has 0 fully saturated rings. The normalized spacial score (nSPS) is 11.1. The lowest BCUT2D eigenvalue weighted by Crippen LogP contribution is -2.11. The molecule has 4 rings (SSSR count). The summed E-state index contributed by atoms with van der Waals surface area (Å²) in [7, 11) is 1.61. The third-order valence-electron chi connectivity index (χ3n) is 5.46. The number of aromatic nitrogens is 7. The fourth-order valence-corrected chi connectivity index (χ4v) is 3.84. The van der Waals surface area contributed by atoms with E-state index in [-0.39, 0.29) is 6.07 Å². The van der Waals surface area contributed by atoms with Gasteiger partial charge in [0.25, 0.3) is 0 Å². The number of nitrogens with zero attached hydrogens (tertiary/aromatic N) is 7. The van der Waals surface area contributed by atoms with E-state index in [9.17, 15) is 9.18 Å². The summed E-state index contributed by atoms with van der Waals surface area (Å²) in [6.45, 7) is 6.22. The van der Waals surface area contributed by atoms with E-state index in [2.05, 4.69) is 30.5 Å². The number of pyridine rings is 1. The van der Waals surface area contributed by atoms with Gasteiger partial charge in [-0.2, -0.15) is 10.2 Å². The first-order chi connectivity index (χ1) is 17.3. The minimum Gasteiger partial charge on any atom is -0.446 e. The molecule has 0 aliphatic rings. The van der Waals surface area contributed by atoms with Crippen molar-refractivity contribution in [2.45, 2.75) is 27.3 Å². The van der Waals surface area contributed by atoms with Gasteiger partial charge in [0.05, 0.1) is 36.4 Å². The molecule has 0 radical (unpaired) electrons. The van der Waals surface area contributed by atoms with E-state index in [1.165, 1.54) is 17.1 Å². The Balaban J connectivity index is 1.70. The summed E-state index contributed by atoms with van der Waals surface area (Å²) in [5.41, 5.74) is 3.30. The molecule has 0 aliphatic heterocycles. The summed E-state index contributed by atoms with van der Waals surface area (Å²) in [6, 6.07) is 4.36. The number of aryl methyl sites for hydroxylation is 1. The zero-order chi connectivity index (χ0) is 25.8. The van der Waals surface area contributed by atoms with E-state index in [1.54, 1.807) is 37.8 Å². The first-order valence-corrected chi connectivity index (χ1v) is 11.4. The van der Waals surface area contributed by atoms with Crippen LogP contribution in [-0.4, -0.2) is 60.3 Å². The van der Waals surface area contributed by atoms with Gasteiger partial charge in [-0.15, -0.1) is 0 Å². The second-order valence-corrected chi connectivity index (χ2v) is 8.00. The number of anilines is 2. The molecule has 0 amide bonds. The van der Waals surface area contributed by atoms with Crippen LogP contribution in [-0.2, 0) is 16.0 Å². The Bertz CT molecular complexity index is 1390. The maximum absolute atomic E-state index is 13.4. The molecule has 13 heteroatoms. The van der Waals surface area contributed by atoms with E-state index in [1.807, 2.05) is 6.92 Å². The Hall–Kier alpha value is -3.90. The highest BCUT2D eigenvalue weighted by molar-refractivity contribution is 6.17. The Labute approximate surface area is 211 Å². The van der Waals surface area contributed by atoms with Crippen LogP contribution in [0.5, 0.6) is 0 Å². The molecule has 0 aromatic carbocycles. The number of alkyl halides is 1. The molecule has 0 unspecified atom stereocenters. The Morgan fingerprint density at radius 3 is 2.67 bits per heavy atom. The highest BCUT2D eigenvalue weighted by Gasteiger charge is 2.22. The van der Waals surface area contributed by atoms with Crippen molar-refractivity contribution in [3.63, 3.8) is 0 Å². The number of hydrogen-bond acceptors (Lipinski definition) is 9. The average Bonchev–Trinajstić information content (AvgIpc) is 3.34. The summed E-state index contributed by atoms with van der Waals surface area (Å²) >= 11 is 5.54. The Morgan fingerprint density at radius 1 is 1.17 bits per heavy atom. The van der Waals surface area contributed by atoms with Crippen molar-refractivity contribution in [3.8, 4) is 17.2 Å². The number of hydrogen-bond donors (Lipinski definition) is 1. The van der Waals surface area contributed by atoms with Gasteiger partial charge < -0.3 is 14.8 Å². The number of carbonyl (C=O) groups is 1. The largest absolute Gasteiger partial charge is 0.446 e. The van der Waals surface area contributed by atoms with Gasteiger partial charge in [-0.1, -0.05) is 11.6 Å². The molecule has 0 saturated carbocycles. The number of halogens is 2. The van der Waals surface area contributed by atoms with Gasteiger partial charge in [0.1, 0.15) is 35.0 Å². The van der Waals surface area contributed by atoms with Crippen molar-refractivity contribution in [1.82, 2.24) is 34.5 Å². The fourth-order valence-electron chi connectivity index (χ4n) is 3.74. The Kier molecular flexibility index (Phi) is 7.55. The minimum atomic E-state index is -0.557. The summed E-state index contributed by atoms with van der Waals surface area (Å²) in [5, 5.41) is 12.4. The predicted molar refractivity (Wildman–Crippen MR) is 130 cm³/mol. The molecule has 0 saturated heterocycles. The third-order valence-corrected chi connectivity index (χ3v) is 5.57. The molecule has 4 aromatic rings. The van der Waals surface area contributed by atoms with Crippen LogP contribution < -0.4 is 5.32 Å². The van der Waals surface area contributed by atoms with Gasteiger partial charge >= 0.3 is 5.97 Å². The highest BCUT2D eigenvalue weighted by atomic mass is 35.5. The number of carbonyl (C=O) groups excluding carboxylic acids is 1. The van der Waals surface area contributed by atoms with Crippen molar-refractivity contribution in [2.24, 2.45) is 0 Å². The summed E-state index contributed by atoms with van der Waals surface area (Å²) < 4.78 is 26.8. The summed E-state index contributed by atoms with van der Waals surface area (Å²) in [6.07, 6.45) is 2.54. The average molecular weight is 515 g/mol. The van der Waals surface area contributed by atoms with E-state index in [4.69, 9.17) is 21.1 Å². The lowest BCUT2D eigenvalue weighted by Gasteiger charge is -2.11. The summed E-state index contributed by atoms with van der Waals surface area (Å²) in [4.78, 5) is 25.1. The maximum atomic E-state index is 13.4. The highest BCUT2D eigenvalue weighted by Crippen LogP contribution is 2.29. The van der Waals surface area contributed by atoms with E-state index >= 15 is 0 Å². The van der Waals surface area contributed by atoms with Gasteiger partial charge in [-0.25, -0.2) is 28.5 Å². The molecule has 4 heterocycles. The molecule has 1 N–H and O–H groups in total. The molecule has 0 bridgehead atoms. The number of esters is 1. The van der Waals surface area contributed by atoms with Crippen molar-refractivity contribution in [1.29, 1.82) is 0 Å². The molecule has 0 spiro atoms. The van der Waals surface area contributed by atoms with Crippen molar-refractivity contribution >= 4 is 29.2 Å². The van der Waals surface area contributed by atoms with Crippen LogP contribution in [0.1, 0.15) is 27.3 Å². The number of rotatable bonds is 9. The molecular formula is C23H24ClFN8O3. The van der Waals surface area contributed by atoms with Crippen LogP contribution in [0, 0.1) is 26.6 Å². The standard InChI is InChI=1S/C23H24ClFN8O3/c1-13-21(17-6-5-16(25)10-26-17)31-32(7-8-35-4)22(13)29-18-9-19(28-12-27-18)33-15(3)20(14(2)30-33)23(34)36-11-24/h5-6,9-10,12H,7-8,11H2,1-4H3,(H,27,28,29). The smallest absolute Gasteiger partial charge is 0.343 e. The SMILES string of the molecule is COCCn1nc(-c2ccc(F)cn2)c(C)c1Nc1cc(-n2nc(C)c(C(=O)OCCl)c2C)ncn1. The van der Waals surface area contributed by atoms with Crippen LogP contribution >= 0.6 is 11.6 Å². The monoisotopic (exact) mass is 514 g/mol. The van der Waals surface area contributed by atoms with Crippen molar-refractivity contribution in [3.05, 3.63) is 59.1 Å². The fraction of sp³-hybridized carbons (Fsp3) is 0.304. The van der Waals surface area contributed by atoms with E-state index in [0.29, 0.717) is 58.9 Å². The van der Waals surface area contributed by atoms with Gasteiger partial charge in [0.2, 0.25) is 0 Å². The van der Waals surface area contributed by atoms with Gasteiger partial charge in [0, 0.05) is 18.7 Å². The van der Waals surface area contributed by atoms with Crippen molar-refractivity contribution < 1.29 is 18.7 Å². The van der Waals surface area contributed by atoms with E-state index < -0.39 is 11.8 Å². The second kappa shape index (κ2) is 10.8. The zero-order valence-corrected chi connectivity index (χ0v) is 20.9. The topological polar surface area (TPSA) is 122 Å². The molecule has 4 aromatic heterocycles. The molecule has 0 aliphatic carbocycles. The number of ether oxygens (including phenoxy) is 2. The lowest BCUT2D eigenvalue weighted by atomic mass is 10.2. The van der Waals surface area contributed by atoms with Crippen LogP contribution in [0.15, 0.2) is 30.7 Å². The number of nitrogens with one attached hydrogen (secondary N) is 1. The minimum absolute atomic E-state index is 0.254. The van der Waals surface area contributed by atoms with Crippen LogP contribution in [0.2, 0.25) is 0 Å². The Morgan fingerprint density at radius 2 is 1.97 bits per heavy atom. The first-order valence-electron chi connectivity index (χ1n) is 10.9. The quantitative estimate of drug-likeness (QED) is 0.263. The zero-order valence-electron chi connectivity index (χ0n) is 20.1.